The Balaban J connectivity index is 1.38. The lowest BCUT2D eigenvalue weighted by atomic mass is 10.1. The van der Waals surface area contributed by atoms with Crippen molar-refractivity contribution >= 4 is 58.5 Å². The molecule has 1 atom stereocenters. The summed E-state index contributed by atoms with van der Waals surface area (Å²) in [6, 6.07) is 29.9. The Labute approximate surface area is 283 Å². The molecule has 0 saturated carbocycles. The van der Waals surface area contributed by atoms with E-state index in [1.54, 1.807) is 109 Å². The third-order valence-electron chi connectivity index (χ3n) is 6.76. The molecule has 1 unspecified atom stereocenters. The van der Waals surface area contributed by atoms with Gasteiger partial charge in [0.05, 0.1) is 16.3 Å². The number of anilines is 2. The molecule has 5 rings (SSSR count). The van der Waals surface area contributed by atoms with Crippen LogP contribution in [0, 0.1) is 0 Å². The molecule has 0 saturated heterocycles. The maximum absolute atomic E-state index is 13.6. The maximum Gasteiger partial charge on any atom is 0.416 e. The molecule has 1 aromatic heterocycles. The molecule has 0 bridgehead atoms. The van der Waals surface area contributed by atoms with Gasteiger partial charge >= 0.3 is 6.18 Å². The fraction of sp³-hybridized carbons (Fsp3) is 0.0556. The Morgan fingerprint density at radius 3 is 2.23 bits per heavy atom. The van der Waals surface area contributed by atoms with Gasteiger partial charge in [0.2, 0.25) is 5.91 Å². The van der Waals surface area contributed by atoms with Gasteiger partial charge in [0.15, 0.2) is 0 Å². The Morgan fingerprint density at radius 2 is 1.54 bits per heavy atom. The number of carbonyl (C=O) groups excluding carboxylic acids is 3. The number of nitrogens with one attached hydrogen (secondary N) is 3. The van der Waals surface area contributed by atoms with E-state index in [4.69, 9.17) is 11.6 Å². The van der Waals surface area contributed by atoms with Crippen molar-refractivity contribution in [3.05, 3.63) is 161 Å². The zero-order chi connectivity index (χ0) is 34.1. The van der Waals surface area contributed by atoms with Gasteiger partial charge in [-0.1, -0.05) is 72.3 Å². The van der Waals surface area contributed by atoms with Crippen molar-refractivity contribution in [1.29, 1.82) is 0 Å². The first-order valence-corrected chi connectivity index (χ1v) is 15.6. The SMILES string of the molecule is O=C(Nc1cccc(SC(C(=O)Nc2cc(C(F)(F)F)ccc2Cl)c2ccccc2)c1)/C(=C/c1cccnc1)NC(=O)c1ccccc1. The van der Waals surface area contributed by atoms with E-state index < -0.39 is 34.7 Å². The number of pyridine rings is 1. The van der Waals surface area contributed by atoms with E-state index in [1.165, 1.54) is 6.08 Å². The van der Waals surface area contributed by atoms with E-state index >= 15 is 0 Å². The number of rotatable bonds is 10. The van der Waals surface area contributed by atoms with Crippen molar-refractivity contribution in [2.45, 2.75) is 16.3 Å². The van der Waals surface area contributed by atoms with Gasteiger partial charge in [0, 0.05) is 28.5 Å². The van der Waals surface area contributed by atoms with Gasteiger partial charge in [-0.05, 0) is 71.8 Å². The van der Waals surface area contributed by atoms with Crippen LogP contribution < -0.4 is 16.0 Å². The second kappa shape index (κ2) is 15.5. The minimum Gasteiger partial charge on any atom is -0.323 e. The molecule has 0 radical (unpaired) electrons. The van der Waals surface area contributed by atoms with E-state index in [-0.39, 0.29) is 16.4 Å². The Morgan fingerprint density at radius 1 is 0.812 bits per heavy atom. The molecule has 12 heteroatoms. The molecule has 48 heavy (non-hydrogen) atoms. The van der Waals surface area contributed by atoms with Crippen LogP contribution in [0.15, 0.2) is 138 Å². The topological polar surface area (TPSA) is 100 Å². The number of alkyl halides is 3. The number of nitrogens with zero attached hydrogens (tertiary/aromatic N) is 1. The van der Waals surface area contributed by atoms with Gasteiger partial charge in [0.1, 0.15) is 10.9 Å². The summed E-state index contributed by atoms with van der Waals surface area (Å²) in [7, 11) is 0. The van der Waals surface area contributed by atoms with Gasteiger partial charge in [0.25, 0.3) is 11.8 Å². The van der Waals surface area contributed by atoms with Crippen LogP contribution in [0.25, 0.3) is 6.08 Å². The van der Waals surface area contributed by atoms with Gasteiger partial charge < -0.3 is 16.0 Å². The first-order valence-electron chi connectivity index (χ1n) is 14.4. The molecule has 3 amide bonds. The lowest BCUT2D eigenvalue weighted by Crippen LogP contribution is -2.30. The third kappa shape index (κ3) is 9.11. The maximum atomic E-state index is 13.6. The average molecular weight is 687 g/mol. The summed E-state index contributed by atoms with van der Waals surface area (Å²) >= 11 is 7.27. The molecule has 0 spiro atoms. The van der Waals surface area contributed by atoms with Crippen molar-refractivity contribution in [2.75, 3.05) is 10.6 Å². The number of hydrogen-bond acceptors (Lipinski definition) is 5. The molecule has 1 heterocycles. The van der Waals surface area contributed by atoms with Crippen LogP contribution in [0.1, 0.15) is 32.3 Å². The first kappa shape index (κ1) is 34.0. The second-order valence-electron chi connectivity index (χ2n) is 10.2. The molecule has 3 N–H and O–H groups in total. The molecule has 0 fully saturated rings. The first-order chi connectivity index (χ1) is 23.1. The van der Waals surface area contributed by atoms with Crippen LogP contribution >= 0.6 is 23.4 Å². The zero-order valence-corrected chi connectivity index (χ0v) is 26.4. The van der Waals surface area contributed by atoms with E-state index in [0.29, 0.717) is 27.3 Å². The lowest BCUT2D eigenvalue weighted by molar-refractivity contribution is -0.137. The Kier molecular flexibility index (Phi) is 10.9. The highest BCUT2D eigenvalue weighted by Gasteiger charge is 2.32. The van der Waals surface area contributed by atoms with E-state index in [1.807, 2.05) is 0 Å². The molecule has 7 nitrogen and oxygen atoms in total. The zero-order valence-electron chi connectivity index (χ0n) is 24.9. The highest BCUT2D eigenvalue weighted by molar-refractivity contribution is 8.00. The fourth-order valence-electron chi connectivity index (χ4n) is 4.45. The van der Waals surface area contributed by atoms with Crippen molar-refractivity contribution in [3.8, 4) is 0 Å². The summed E-state index contributed by atoms with van der Waals surface area (Å²) in [5, 5.41) is 7.04. The molecular weight excluding hydrogens is 661 g/mol. The number of amides is 3. The van der Waals surface area contributed by atoms with Crippen molar-refractivity contribution < 1.29 is 27.6 Å². The number of halogens is 4. The summed E-state index contributed by atoms with van der Waals surface area (Å²) in [5.74, 6) is -1.70. The number of carbonyl (C=O) groups is 3. The molecule has 5 aromatic rings. The number of aromatic nitrogens is 1. The van der Waals surface area contributed by atoms with Gasteiger partial charge in [-0.15, -0.1) is 11.8 Å². The van der Waals surface area contributed by atoms with E-state index in [2.05, 4.69) is 20.9 Å². The van der Waals surface area contributed by atoms with Crippen LogP contribution in [-0.4, -0.2) is 22.7 Å². The van der Waals surface area contributed by atoms with E-state index in [0.717, 1.165) is 30.0 Å². The quantitative estimate of drug-likeness (QED) is 0.101. The predicted molar refractivity (Wildman–Crippen MR) is 181 cm³/mol. The van der Waals surface area contributed by atoms with Crippen LogP contribution in [0.5, 0.6) is 0 Å². The highest BCUT2D eigenvalue weighted by Crippen LogP contribution is 2.39. The summed E-state index contributed by atoms with van der Waals surface area (Å²) in [5.41, 5.74) is 0.729. The van der Waals surface area contributed by atoms with Crippen LogP contribution in [0.2, 0.25) is 5.02 Å². The standard InChI is InChI=1S/C36H26ClF3N4O3S/c37-29-17-16-26(36(38,39)40)20-30(29)43-35(47)32(24-10-3-1-4-11-24)48-28-15-7-14-27(21-28)42-34(46)31(19-23-9-8-18-41-22-23)44-33(45)25-12-5-2-6-13-25/h1-22,32H,(H,42,46)(H,43,47)(H,44,45)/b31-19-. The largest absolute Gasteiger partial charge is 0.416 e. The lowest BCUT2D eigenvalue weighted by Gasteiger charge is -2.19. The molecular formula is C36H26ClF3N4O3S. The van der Waals surface area contributed by atoms with E-state index in [9.17, 15) is 27.6 Å². The number of hydrogen-bond donors (Lipinski definition) is 3. The van der Waals surface area contributed by atoms with Gasteiger partial charge in [-0.3, -0.25) is 19.4 Å². The smallest absolute Gasteiger partial charge is 0.323 e. The van der Waals surface area contributed by atoms with Crippen LogP contribution in [-0.2, 0) is 15.8 Å². The van der Waals surface area contributed by atoms with Crippen molar-refractivity contribution in [2.24, 2.45) is 0 Å². The number of thioether (sulfide) groups is 1. The molecule has 0 aliphatic carbocycles. The predicted octanol–water partition coefficient (Wildman–Crippen LogP) is 8.64. The van der Waals surface area contributed by atoms with Gasteiger partial charge in [-0.2, -0.15) is 13.2 Å². The van der Waals surface area contributed by atoms with Crippen LogP contribution in [0.4, 0.5) is 24.5 Å². The summed E-state index contributed by atoms with van der Waals surface area (Å²) < 4.78 is 40.1. The molecule has 0 aliphatic rings. The highest BCUT2D eigenvalue weighted by atomic mass is 35.5. The minimum absolute atomic E-state index is 0.0329. The second-order valence-corrected chi connectivity index (χ2v) is 11.8. The summed E-state index contributed by atoms with van der Waals surface area (Å²) in [4.78, 5) is 44.7. The third-order valence-corrected chi connectivity index (χ3v) is 8.34. The fourth-order valence-corrected chi connectivity index (χ4v) is 5.70. The van der Waals surface area contributed by atoms with Crippen molar-refractivity contribution in [3.63, 3.8) is 0 Å². The van der Waals surface area contributed by atoms with Crippen molar-refractivity contribution in [1.82, 2.24) is 10.3 Å². The Hall–Kier alpha value is -5.39. The summed E-state index contributed by atoms with van der Waals surface area (Å²) in [6.45, 7) is 0. The minimum atomic E-state index is -4.63. The summed E-state index contributed by atoms with van der Waals surface area (Å²) in [6.07, 6.45) is -0.00307. The average Bonchev–Trinajstić information content (AvgIpc) is 3.08. The molecule has 242 valence electrons. The Bertz CT molecular complexity index is 1940. The number of benzene rings is 4. The van der Waals surface area contributed by atoms with Gasteiger partial charge in [-0.25, -0.2) is 0 Å². The monoisotopic (exact) mass is 686 g/mol. The molecule has 0 aliphatic heterocycles. The molecule has 4 aromatic carbocycles. The van der Waals surface area contributed by atoms with Crippen LogP contribution in [0.3, 0.4) is 0 Å². The normalized spacial score (nSPS) is 12.1.